The largest absolute Gasteiger partial charge is 0.389 e. The van der Waals surface area contributed by atoms with Crippen LogP contribution < -0.4 is 11.1 Å². The van der Waals surface area contributed by atoms with Gasteiger partial charge in [-0.1, -0.05) is 12.2 Å². The van der Waals surface area contributed by atoms with Crippen LogP contribution in [0.5, 0.6) is 0 Å². The van der Waals surface area contributed by atoms with Crippen molar-refractivity contribution in [3.63, 3.8) is 0 Å². The molecule has 1 aromatic carbocycles. The molecule has 1 fully saturated rings. The number of urea groups is 1. The molecule has 0 aromatic heterocycles. The number of hydrogen-bond acceptors (Lipinski definition) is 2. The molecule has 0 spiro atoms. The fraction of sp³-hybridized carbons (Fsp3) is 0.385. The molecule has 2 amide bonds. The van der Waals surface area contributed by atoms with Crippen LogP contribution in [0, 0.1) is 0 Å². The number of likely N-dealkylation sites (tertiary alicyclic amines) is 1. The number of piperidine rings is 1. The molecule has 0 radical (unpaired) electrons. The predicted molar refractivity (Wildman–Crippen MR) is 76.8 cm³/mol. The van der Waals surface area contributed by atoms with Crippen molar-refractivity contribution in [3.05, 3.63) is 29.8 Å². The third kappa shape index (κ3) is 3.20. The van der Waals surface area contributed by atoms with Crippen LogP contribution in [-0.2, 0) is 0 Å². The van der Waals surface area contributed by atoms with Gasteiger partial charge in [0, 0.05) is 24.3 Å². The second-order valence-electron chi connectivity index (χ2n) is 4.42. The lowest BCUT2D eigenvalue weighted by Gasteiger charge is -2.26. The number of carbonyl (C=O) groups is 1. The van der Waals surface area contributed by atoms with E-state index in [-0.39, 0.29) is 6.03 Å². The number of anilines is 1. The van der Waals surface area contributed by atoms with Gasteiger partial charge in [0.1, 0.15) is 4.99 Å². The Balaban J connectivity index is 1.96. The van der Waals surface area contributed by atoms with E-state index in [1.807, 2.05) is 29.2 Å². The van der Waals surface area contributed by atoms with Crippen molar-refractivity contribution in [1.82, 2.24) is 4.90 Å². The second kappa shape index (κ2) is 5.82. The maximum atomic E-state index is 12.0. The summed E-state index contributed by atoms with van der Waals surface area (Å²) in [6, 6.07) is 7.23. The number of nitrogens with zero attached hydrogens (tertiary/aromatic N) is 1. The molecule has 1 aromatic rings. The molecule has 1 saturated heterocycles. The maximum absolute atomic E-state index is 12.0. The van der Waals surface area contributed by atoms with Gasteiger partial charge >= 0.3 is 6.03 Å². The van der Waals surface area contributed by atoms with Gasteiger partial charge in [-0.2, -0.15) is 0 Å². The van der Waals surface area contributed by atoms with E-state index in [4.69, 9.17) is 18.0 Å². The highest BCUT2D eigenvalue weighted by Crippen LogP contribution is 2.13. The molecule has 3 N–H and O–H groups in total. The average Bonchev–Trinajstić information content (AvgIpc) is 2.40. The highest BCUT2D eigenvalue weighted by atomic mass is 32.1. The summed E-state index contributed by atoms with van der Waals surface area (Å²) in [6.07, 6.45) is 3.40. The molecule has 0 unspecified atom stereocenters. The normalized spacial score (nSPS) is 15.2. The van der Waals surface area contributed by atoms with Crippen LogP contribution in [0.25, 0.3) is 0 Å². The van der Waals surface area contributed by atoms with Crippen molar-refractivity contribution >= 4 is 28.9 Å². The van der Waals surface area contributed by atoms with Gasteiger partial charge in [0.05, 0.1) is 0 Å². The zero-order valence-electron chi connectivity index (χ0n) is 10.2. The number of rotatable bonds is 2. The molecular formula is C13H17N3OS. The van der Waals surface area contributed by atoms with Gasteiger partial charge in [-0.15, -0.1) is 0 Å². The molecule has 1 aliphatic rings. The van der Waals surface area contributed by atoms with Crippen LogP contribution in [-0.4, -0.2) is 29.0 Å². The van der Waals surface area contributed by atoms with Gasteiger partial charge in [0.2, 0.25) is 0 Å². The summed E-state index contributed by atoms with van der Waals surface area (Å²) in [5.74, 6) is 0. The van der Waals surface area contributed by atoms with Gasteiger partial charge in [-0.3, -0.25) is 0 Å². The minimum Gasteiger partial charge on any atom is -0.389 e. The quantitative estimate of drug-likeness (QED) is 0.805. The zero-order valence-corrected chi connectivity index (χ0v) is 11.0. The number of hydrogen-bond donors (Lipinski definition) is 2. The van der Waals surface area contributed by atoms with Crippen molar-refractivity contribution in [2.45, 2.75) is 19.3 Å². The van der Waals surface area contributed by atoms with Crippen molar-refractivity contribution in [2.24, 2.45) is 5.73 Å². The first-order valence-electron chi connectivity index (χ1n) is 6.12. The van der Waals surface area contributed by atoms with E-state index in [1.54, 1.807) is 0 Å². The standard InChI is InChI=1S/C13H17N3OS/c14-12(18)10-4-6-11(7-5-10)15-13(17)16-8-2-1-3-9-16/h4-7H,1-3,8-9H2,(H2,14,18)(H,15,17). The van der Waals surface area contributed by atoms with Crippen LogP contribution in [0.1, 0.15) is 24.8 Å². The molecule has 4 nitrogen and oxygen atoms in total. The summed E-state index contributed by atoms with van der Waals surface area (Å²) in [4.78, 5) is 14.2. The summed E-state index contributed by atoms with van der Waals surface area (Å²) in [5.41, 5.74) is 7.09. The Morgan fingerprint density at radius 3 is 2.33 bits per heavy atom. The molecule has 0 saturated carbocycles. The van der Waals surface area contributed by atoms with E-state index < -0.39 is 0 Å². The van der Waals surface area contributed by atoms with E-state index in [0.717, 1.165) is 37.2 Å². The molecule has 1 heterocycles. The predicted octanol–water partition coefficient (Wildman–Crippen LogP) is 2.34. The van der Waals surface area contributed by atoms with E-state index in [2.05, 4.69) is 5.32 Å². The molecule has 0 bridgehead atoms. The van der Waals surface area contributed by atoms with Crippen molar-refractivity contribution in [1.29, 1.82) is 0 Å². The number of nitrogens with one attached hydrogen (secondary N) is 1. The molecule has 0 atom stereocenters. The summed E-state index contributed by atoms with van der Waals surface area (Å²) >= 11 is 4.88. The summed E-state index contributed by atoms with van der Waals surface area (Å²) in [5, 5.41) is 2.88. The van der Waals surface area contributed by atoms with E-state index in [9.17, 15) is 4.79 Å². The van der Waals surface area contributed by atoms with Crippen LogP contribution in [0.3, 0.4) is 0 Å². The second-order valence-corrected chi connectivity index (χ2v) is 4.86. The number of thiocarbonyl (C=S) groups is 1. The first kappa shape index (κ1) is 12.8. The highest BCUT2D eigenvalue weighted by Gasteiger charge is 2.16. The van der Waals surface area contributed by atoms with Gasteiger partial charge in [-0.25, -0.2) is 4.79 Å². The number of carbonyl (C=O) groups excluding carboxylic acids is 1. The molecule has 96 valence electrons. The number of nitrogens with two attached hydrogens (primary N) is 1. The van der Waals surface area contributed by atoms with E-state index in [1.165, 1.54) is 6.42 Å². The lowest BCUT2D eigenvalue weighted by molar-refractivity contribution is 0.200. The third-order valence-electron chi connectivity index (χ3n) is 3.06. The topological polar surface area (TPSA) is 58.4 Å². The fourth-order valence-corrected chi connectivity index (χ4v) is 2.15. The Morgan fingerprint density at radius 1 is 1.17 bits per heavy atom. The Bertz CT molecular complexity index is 438. The summed E-state index contributed by atoms with van der Waals surface area (Å²) < 4.78 is 0. The smallest absolute Gasteiger partial charge is 0.321 e. The van der Waals surface area contributed by atoms with Crippen molar-refractivity contribution in [2.75, 3.05) is 18.4 Å². The Kier molecular flexibility index (Phi) is 4.15. The molecule has 5 heteroatoms. The highest BCUT2D eigenvalue weighted by molar-refractivity contribution is 7.80. The molecule has 1 aliphatic heterocycles. The number of amides is 2. The third-order valence-corrected chi connectivity index (χ3v) is 3.30. The molecule has 18 heavy (non-hydrogen) atoms. The monoisotopic (exact) mass is 263 g/mol. The fourth-order valence-electron chi connectivity index (χ4n) is 2.02. The first-order chi connectivity index (χ1) is 8.66. The van der Waals surface area contributed by atoms with E-state index >= 15 is 0 Å². The van der Waals surface area contributed by atoms with Crippen molar-refractivity contribution < 1.29 is 4.79 Å². The van der Waals surface area contributed by atoms with Gasteiger partial charge in [0.15, 0.2) is 0 Å². The summed E-state index contributed by atoms with van der Waals surface area (Å²) in [6.45, 7) is 1.69. The van der Waals surface area contributed by atoms with Crippen LogP contribution in [0.4, 0.5) is 10.5 Å². The average molecular weight is 263 g/mol. The summed E-state index contributed by atoms with van der Waals surface area (Å²) in [7, 11) is 0. The minimum atomic E-state index is -0.0298. The first-order valence-corrected chi connectivity index (χ1v) is 6.53. The lowest BCUT2D eigenvalue weighted by atomic mass is 10.1. The van der Waals surface area contributed by atoms with Crippen LogP contribution in [0.15, 0.2) is 24.3 Å². The lowest BCUT2D eigenvalue weighted by Crippen LogP contribution is -2.38. The maximum Gasteiger partial charge on any atom is 0.321 e. The number of benzene rings is 1. The molecule has 0 aliphatic carbocycles. The van der Waals surface area contributed by atoms with Gasteiger partial charge in [-0.05, 0) is 43.5 Å². The zero-order chi connectivity index (χ0) is 13.0. The Hall–Kier alpha value is -1.62. The molecular weight excluding hydrogens is 246 g/mol. The van der Waals surface area contributed by atoms with E-state index in [0.29, 0.717) is 4.99 Å². The van der Waals surface area contributed by atoms with Gasteiger partial charge in [0.25, 0.3) is 0 Å². The molecule has 2 rings (SSSR count). The minimum absolute atomic E-state index is 0.0298. The van der Waals surface area contributed by atoms with Crippen LogP contribution >= 0.6 is 12.2 Å². The van der Waals surface area contributed by atoms with Gasteiger partial charge < -0.3 is 16.0 Å². The van der Waals surface area contributed by atoms with Crippen molar-refractivity contribution in [3.8, 4) is 0 Å². The SMILES string of the molecule is NC(=S)c1ccc(NC(=O)N2CCCCC2)cc1. The Labute approximate surface area is 112 Å². The van der Waals surface area contributed by atoms with Crippen LogP contribution in [0.2, 0.25) is 0 Å². The Morgan fingerprint density at radius 2 is 1.78 bits per heavy atom.